The second-order valence-corrected chi connectivity index (χ2v) is 10.8. The molecule has 158 valence electrons. The van der Waals surface area contributed by atoms with Crippen LogP contribution in [-0.4, -0.2) is 11.2 Å². The van der Waals surface area contributed by atoms with Crippen LogP contribution < -0.4 is 0 Å². The molecule has 5 atom stereocenters. The lowest BCUT2D eigenvalue weighted by Crippen LogP contribution is -2.36. The summed E-state index contributed by atoms with van der Waals surface area (Å²) in [6, 6.07) is 0. The second-order valence-electron chi connectivity index (χ2n) is 10.8. The molecule has 3 aliphatic rings. The van der Waals surface area contributed by atoms with E-state index in [9.17, 15) is 5.11 Å². The van der Waals surface area contributed by atoms with Gasteiger partial charge >= 0.3 is 0 Å². The quantitative estimate of drug-likeness (QED) is 0.499. The van der Waals surface area contributed by atoms with E-state index in [1.807, 2.05) is 0 Å². The molecule has 0 aliphatic heterocycles. The predicted octanol–water partition coefficient (Wildman–Crippen LogP) is 7.62. The van der Waals surface area contributed by atoms with Gasteiger partial charge in [-0.3, -0.25) is 0 Å². The third kappa shape index (κ3) is 4.84. The standard InChI is InChI=1S/C27H44O/c1-19(2)8-6-9-21(4)25-15-16-26-22(10-7-17-27(25,26)5)12-13-23-18-24(28)14-11-20(23)3/h12-13,19,21,24-26,28H,3,6-11,14-18H2,1-2,4-5H3/b22-12+,23-13?/t21-,24+,25+,26+,27-/m1/s1. The van der Waals surface area contributed by atoms with Crippen LogP contribution in [0, 0.1) is 29.1 Å². The number of hydrogen-bond donors (Lipinski definition) is 1. The number of hydrogen-bond acceptors (Lipinski definition) is 1. The summed E-state index contributed by atoms with van der Waals surface area (Å²) in [5, 5.41) is 10.0. The van der Waals surface area contributed by atoms with E-state index in [1.165, 1.54) is 62.5 Å². The molecule has 0 spiro atoms. The SMILES string of the molecule is C=C1CC[C@H](O)CC1=C/C=C1\CCC[C@@]2(C)[C@H]1CC[C@H]2[C@H](C)CCCC(C)C. The number of aliphatic hydroxyl groups excluding tert-OH is 1. The van der Waals surface area contributed by atoms with E-state index >= 15 is 0 Å². The normalized spacial score (nSPS) is 37.6. The fourth-order valence-corrected chi connectivity index (χ4v) is 6.66. The average molecular weight is 385 g/mol. The summed E-state index contributed by atoms with van der Waals surface area (Å²) in [6.07, 6.45) is 18.2. The smallest absolute Gasteiger partial charge is 0.0583 e. The molecule has 0 amide bonds. The highest BCUT2D eigenvalue weighted by atomic mass is 16.3. The highest BCUT2D eigenvalue weighted by Gasteiger charge is 2.50. The third-order valence-electron chi connectivity index (χ3n) is 8.35. The minimum atomic E-state index is -0.172. The fraction of sp³-hybridized carbons (Fsp3) is 0.778. The average Bonchev–Trinajstić information content (AvgIpc) is 2.99. The lowest BCUT2D eigenvalue weighted by molar-refractivity contribution is 0.0929. The van der Waals surface area contributed by atoms with Crippen molar-refractivity contribution < 1.29 is 5.11 Å². The van der Waals surface area contributed by atoms with E-state index in [1.54, 1.807) is 5.57 Å². The zero-order valence-corrected chi connectivity index (χ0v) is 19.0. The zero-order valence-electron chi connectivity index (χ0n) is 19.0. The highest BCUT2D eigenvalue weighted by molar-refractivity contribution is 5.36. The van der Waals surface area contributed by atoms with Crippen molar-refractivity contribution in [2.24, 2.45) is 29.1 Å². The first kappa shape index (κ1) is 21.9. The van der Waals surface area contributed by atoms with E-state index in [2.05, 4.69) is 46.4 Å². The Bertz CT molecular complexity index is 610. The van der Waals surface area contributed by atoms with Gasteiger partial charge in [0, 0.05) is 0 Å². The molecule has 0 heterocycles. The molecule has 0 bridgehead atoms. The van der Waals surface area contributed by atoms with Crippen LogP contribution in [0.15, 0.2) is 35.5 Å². The van der Waals surface area contributed by atoms with Gasteiger partial charge in [-0.05, 0) is 86.0 Å². The Hall–Kier alpha value is -0.820. The molecule has 28 heavy (non-hydrogen) atoms. The van der Waals surface area contributed by atoms with Crippen molar-refractivity contribution in [3.05, 3.63) is 35.5 Å². The van der Waals surface area contributed by atoms with Gasteiger partial charge < -0.3 is 5.11 Å². The largest absolute Gasteiger partial charge is 0.393 e. The molecule has 1 nitrogen and oxygen atoms in total. The van der Waals surface area contributed by atoms with Gasteiger partial charge in [0.1, 0.15) is 0 Å². The first-order valence-corrected chi connectivity index (χ1v) is 12.1. The topological polar surface area (TPSA) is 20.2 Å². The number of aliphatic hydroxyl groups is 1. The summed E-state index contributed by atoms with van der Waals surface area (Å²) >= 11 is 0. The molecule has 0 aromatic carbocycles. The summed E-state index contributed by atoms with van der Waals surface area (Å²) in [5.41, 5.74) is 4.72. The van der Waals surface area contributed by atoms with Crippen LogP contribution in [-0.2, 0) is 0 Å². The lowest BCUT2D eigenvalue weighted by Gasteiger charge is -2.44. The minimum absolute atomic E-state index is 0.172. The molecular formula is C27H44O. The van der Waals surface area contributed by atoms with Crippen LogP contribution >= 0.6 is 0 Å². The van der Waals surface area contributed by atoms with Crippen LogP contribution in [0.2, 0.25) is 0 Å². The van der Waals surface area contributed by atoms with E-state index in [-0.39, 0.29) is 6.10 Å². The van der Waals surface area contributed by atoms with Crippen molar-refractivity contribution in [3.8, 4) is 0 Å². The van der Waals surface area contributed by atoms with Gasteiger partial charge in [-0.1, -0.05) is 76.8 Å². The summed E-state index contributed by atoms with van der Waals surface area (Å²) in [5.74, 6) is 3.37. The number of fused-ring (bicyclic) bond motifs is 1. The molecule has 0 unspecified atom stereocenters. The maximum Gasteiger partial charge on any atom is 0.0583 e. The van der Waals surface area contributed by atoms with Crippen molar-refractivity contribution in [1.82, 2.24) is 0 Å². The molecule has 0 aromatic heterocycles. The number of rotatable bonds is 6. The van der Waals surface area contributed by atoms with Crippen molar-refractivity contribution >= 4 is 0 Å². The minimum Gasteiger partial charge on any atom is -0.393 e. The van der Waals surface area contributed by atoms with E-state index in [4.69, 9.17) is 0 Å². The second kappa shape index (κ2) is 9.33. The van der Waals surface area contributed by atoms with Crippen LogP contribution in [0.4, 0.5) is 0 Å². The number of allylic oxidation sites excluding steroid dienone is 4. The Balaban J connectivity index is 1.70. The van der Waals surface area contributed by atoms with E-state index in [0.29, 0.717) is 5.41 Å². The highest BCUT2D eigenvalue weighted by Crippen LogP contribution is 2.59. The maximum absolute atomic E-state index is 10.0. The molecule has 0 radical (unpaired) electrons. The first-order valence-electron chi connectivity index (χ1n) is 12.1. The Kier molecular flexibility index (Phi) is 7.29. The van der Waals surface area contributed by atoms with Gasteiger partial charge in [0.25, 0.3) is 0 Å². The Morgan fingerprint density at radius 3 is 2.64 bits per heavy atom. The van der Waals surface area contributed by atoms with Crippen molar-refractivity contribution in [2.45, 2.75) is 104 Å². The Morgan fingerprint density at radius 1 is 1.11 bits per heavy atom. The summed E-state index contributed by atoms with van der Waals surface area (Å²) in [6.45, 7) is 14.1. The predicted molar refractivity (Wildman–Crippen MR) is 121 cm³/mol. The van der Waals surface area contributed by atoms with Crippen LogP contribution in [0.3, 0.4) is 0 Å². The molecule has 3 fully saturated rings. The molecular weight excluding hydrogens is 340 g/mol. The Morgan fingerprint density at radius 2 is 1.89 bits per heavy atom. The molecule has 0 saturated heterocycles. The summed E-state index contributed by atoms with van der Waals surface area (Å²) in [7, 11) is 0. The first-order chi connectivity index (χ1) is 13.3. The van der Waals surface area contributed by atoms with Crippen molar-refractivity contribution in [1.29, 1.82) is 0 Å². The zero-order chi connectivity index (χ0) is 20.3. The monoisotopic (exact) mass is 384 g/mol. The van der Waals surface area contributed by atoms with E-state index in [0.717, 1.165) is 42.9 Å². The van der Waals surface area contributed by atoms with Crippen molar-refractivity contribution in [3.63, 3.8) is 0 Å². The van der Waals surface area contributed by atoms with Gasteiger partial charge in [-0.25, -0.2) is 0 Å². The van der Waals surface area contributed by atoms with Gasteiger partial charge in [0.2, 0.25) is 0 Å². The van der Waals surface area contributed by atoms with E-state index < -0.39 is 0 Å². The van der Waals surface area contributed by atoms with Gasteiger partial charge in [-0.2, -0.15) is 0 Å². The maximum atomic E-state index is 10.0. The van der Waals surface area contributed by atoms with Crippen LogP contribution in [0.25, 0.3) is 0 Å². The Labute approximate surface area is 174 Å². The molecule has 3 rings (SSSR count). The lowest BCUT2D eigenvalue weighted by atomic mass is 9.60. The van der Waals surface area contributed by atoms with Crippen molar-refractivity contribution in [2.75, 3.05) is 0 Å². The molecule has 0 aromatic rings. The van der Waals surface area contributed by atoms with Gasteiger partial charge in [0.05, 0.1) is 6.10 Å². The summed E-state index contributed by atoms with van der Waals surface area (Å²) in [4.78, 5) is 0. The fourth-order valence-electron chi connectivity index (χ4n) is 6.66. The third-order valence-corrected chi connectivity index (χ3v) is 8.35. The molecule has 3 aliphatic carbocycles. The van der Waals surface area contributed by atoms with Crippen LogP contribution in [0.1, 0.15) is 98.3 Å². The van der Waals surface area contributed by atoms with Gasteiger partial charge in [0.15, 0.2) is 0 Å². The summed E-state index contributed by atoms with van der Waals surface area (Å²) < 4.78 is 0. The van der Waals surface area contributed by atoms with Gasteiger partial charge in [-0.15, -0.1) is 0 Å². The molecule has 1 heteroatoms. The van der Waals surface area contributed by atoms with Crippen LogP contribution in [0.5, 0.6) is 0 Å². The molecule has 1 N–H and O–H groups in total. The molecule has 3 saturated carbocycles.